The van der Waals surface area contributed by atoms with Crippen LogP contribution in [0.5, 0.6) is 0 Å². The molecule has 0 spiro atoms. The van der Waals surface area contributed by atoms with E-state index >= 15 is 0 Å². The molecule has 0 saturated heterocycles. The molecule has 0 heterocycles. The van der Waals surface area contributed by atoms with Gasteiger partial charge in [-0.15, -0.1) is 0 Å². The molecule has 0 fully saturated rings. The first-order valence-corrected chi connectivity index (χ1v) is 21.0. The second-order valence-corrected chi connectivity index (χ2v) is 22.4. The van der Waals surface area contributed by atoms with E-state index in [1.54, 1.807) is 0 Å². The van der Waals surface area contributed by atoms with E-state index in [9.17, 15) is 0 Å². The lowest BCUT2D eigenvalue weighted by molar-refractivity contribution is 0.0943. The molecule has 0 aliphatic heterocycles. The lowest BCUT2D eigenvalue weighted by Gasteiger charge is -2.64. The molecule has 4 rings (SSSR count). The maximum Gasteiger partial charge on any atom is 0.203 e. The zero-order chi connectivity index (χ0) is 30.9. The molecule has 0 aliphatic carbocycles. The van der Waals surface area contributed by atoms with Gasteiger partial charge in [-0.05, 0) is 90.0 Å². The SMILES string of the molecule is CC(C)(C)O[Si](C)(C)C(c1ccccc1)(c1ccccc1)C(c1ccccc1)(c1ccccc1)[Si](C)(C)OC(C)(C)C. The number of hydrogen-bond acceptors (Lipinski definition) is 2. The van der Waals surface area contributed by atoms with E-state index in [1.165, 1.54) is 22.3 Å². The minimum Gasteiger partial charge on any atom is -0.411 e. The topological polar surface area (TPSA) is 18.5 Å². The minimum absolute atomic E-state index is 0.347. The Morgan fingerprint density at radius 1 is 0.357 bits per heavy atom. The Morgan fingerprint density at radius 2 is 0.548 bits per heavy atom. The highest BCUT2D eigenvalue weighted by Crippen LogP contribution is 2.62. The predicted octanol–water partition coefficient (Wildman–Crippen LogP) is 10.1. The summed E-state index contributed by atoms with van der Waals surface area (Å²) in [5.74, 6) is 0. The Morgan fingerprint density at radius 3 is 0.714 bits per heavy atom. The molecule has 0 amide bonds. The summed E-state index contributed by atoms with van der Waals surface area (Å²) in [5, 5.41) is -1.17. The molecule has 2 nitrogen and oxygen atoms in total. The highest BCUT2D eigenvalue weighted by Gasteiger charge is 2.71. The van der Waals surface area contributed by atoms with Crippen LogP contribution in [0.1, 0.15) is 63.8 Å². The lowest BCUT2D eigenvalue weighted by Crippen LogP contribution is -2.76. The molecule has 0 saturated carbocycles. The van der Waals surface area contributed by atoms with Crippen LogP contribution in [0, 0.1) is 0 Å². The van der Waals surface area contributed by atoms with Gasteiger partial charge in [0.1, 0.15) is 0 Å². The van der Waals surface area contributed by atoms with Crippen molar-refractivity contribution < 1.29 is 8.85 Å². The van der Waals surface area contributed by atoms with Crippen molar-refractivity contribution in [1.29, 1.82) is 0 Å². The van der Waals surface area contributed by atoms with Gasteiger partial charge in [-0.3, -0.25) is 0 Å². The van der Waals surface area contributed by atoms with E-state index < -0.39 is 26.7 Å². The van der Waals surface area contributed by atoms with Gasteiger partial charge in [0.15, 0.2) is 0 Å². The number of benzene rings is 4. The Labute approximate surface area is 257 Å². The van der Waals surface area contributed by atoms with Crippen LogP contribution in [0.2, 0.25) is 26.2 Å². The Balaban J connectivity index is 2.41. The summed E-state index contributed by atoms with van der Waals surface area (Å²) in [6.07, 6.45) is 0. The third-order valence-corrected chi connectivity index (χ3v) is 16.3. The van der Waals surface area contributed by atoms with Crippen LogP contribution in [0.3, 0.4) is 0 Å². The quantitative estimate of drug-likeness (QED) is 0.180. The molecule has 0 atom stereocenters. The molecule has 4 aromatic rings. The van der Waals surface area contributed by atoms with Crippen molar-refractivity contribution in [1.82, 2.24) is 0 Å². The second-order valence-electron chi connectivity index (χ2n) is 14.4. The number of hydrogen-bond donors (Lipinski definition) is 0. The first-order chi connectivity index (χ1) is 19.6. The first kappa shape index (κ1) is 32.2. The van der Waals surface area contributed by atoms with Crippen LogP contribution < -0.4 is 0 Å². The van der Waals surface area contributed by atoms with Crippen molar-refractivity contribution in [2.45, 2.75) is 89.0 Å². The zero-order valence-corrected chi connectivity index (χ0v) is 29.4. The fraction of sp³-hybridized carbons (Fsp3) is 0.368. The van der Waals surface area contributed by atoms with Gasteiger partial charge >= 0.3 is 0 Å². The lowest BCUT2D eigenvalue weighted by atomic mass is 9.71. The fourth-order valence-corrected chi connectivity index (χ4v) is 18.9. The van der Waals surface area contributed by atoms with Crippen molar-refractivity contribution in [3.8, 4) is 0 Å². The summed E-state index contributed by atoms with van der Waals surface area (Å²) < 4.78 is 15.0. The second kappa shape index (κ2) is 11.7. The molecule has 0 aliphatic rings. The fourth-order valence-electron chi connectivity index (χ4n) is 7.93. The van der Waals surface area contributed by atoms with Crippen LogP contribution in [0.25, 0.3) is 0 Å². The number of rotatable bonds is 9. The molecule has 0 radical (unpaired) electrons. The molecule has 0 N–H and O–H groups in total. The summed E-state index contributed by atoms with van der Waals surface area (Å²) in [6.45, 7) is 22.9. The third kappa shape index (κ3) is 5.75. The molecular weight excluding hydrogens is 545 g/mol. The predicted molar refractivity (Wildman–Crippen MR) is 184 cm³/mol. The van der Waals surface area contributed by atoms with Crippen molar-refractivity contribution >= 4 is 16.6 Å². The maximum absolute atomic E-state index is 7.48. The molecule has 222 valence electrons. The van der Waals surface area contributed by atoms with E-state index in [4.69, 9.17) is 8.85 Å². The Bertz CT molecular complexity index is 1230. The van der Waals surface area contributed by atoms with Crippen LogP contribution in [-0.4, -0.2) is 27.8 Å². The molecule has 42 heavy (non-hydrogen) atoms. The van der Waals surface area contributed by atoms with Crippen LogP contribution in [0.4, 0.5) is 0 Å². The monoisotopic (exact) mass is 594 g/mol. The van der Waals surface area contributed by atoms with Gasteiger partial charge in [-0.1, -0.05) is 121 Å². The van der Waals surface area contributed by atoms with E-state index in [-0.39, 0.29) is 11.2 Å². The Hall–Kier alpha value is -2.77. The molecule has 0 aromatic heterocycles. The summed E-state index contributed by atoms with van der Waals surface area (Å²) in [4.78, 5) is 0. The largest absolute Gasteiger partial charge is 0.411 e. The van der Waals surface area contributed by atoms with Crippen molar-refractivity contribution in [2.75, 3.05) is 0 Å². The smallest absolute Gasteiger partial charge is 0.203 e. The van der Waals surface area contributed by atoms with Crippen molar-refractivity contribution in [3.05, 3.63) is 144 Å². The summed E-state index contributed by atoms with van der Waals surface area (Å²) >= 11 is 0. The van der Waals surface area contributed by atoms with E-state index in [1.807, 2.05) is 0 Å². The standard InChI is InChI=1S/C38H50O2Si2/c1-35(2,3)39-41(7,8)37(31-23-15-11-16-24-31,32-25-17-12-18-26-32)38(33-27-19-13-20-28-33,34-29-21-14-22-30-34)42(9,10)40-36(4,5)6/h11-30H,1-10H3. The highest BCUT2D eigenvalue weighted by molar-refractivity contribution is 6.82. The average Bonchev–Trinajstić information content (AvgIpc) is 2.90. The Kier molecular flexibility index (Phi) is 8.98. The van der Waals surface area contributed by atoms with Crippen molar-refractivity contribution in [3.63, 3.8) is 0 Å². The zero-order valence-electron chi connectivity index (χ0n) is 27.4. The third-order valence-electron chi connectivity index (χ3n) is 8.32. The van der Waals surface area contributed by atoms with Gasteiger partial charge in [0.2, 0.25) is 16.6 Å². The molecule has 0 bridgehead atoms. The van der Waals surface area contributed by atoms with E-state index in [2.05, 4.69) is 189 Å². The van der Waals surface area contributed by atoms with Gasteiger partial charge in [0.05, 0.1) is 10.1 Å². The van der Waals surface area contributed by atoms with Gasteiger partial charge in [-0.2, -0.15) is 0 Å². The van der Waals surface area contributed by atoms with Gasteiger partial charge in [-0.25, -0.2) is 0 Å². The first-order valence-electron chi connectivity index (χ1n) is 15.2. The summed E-state index contributed by atoms with van der Waals surface area (Å²) in [5.41, 5.74) is 4.37. The average molecular weight is 595 g/mol. The van der Waals surface area contributed by atoms with Crippen LogP contribution >= 0.6 is 0 Å². The highest BCUT2D eigenvalue weighted by atomic mass is 28.4. The van der Waals surface area contributed by atoms with Gasteiger partial charge in [0.25, 0.3) is 0 Å². The maximum atomic E-state index is 7.48. The molecular formula is C38H50O2Si2. The molecule has 4 heteroatoms. The van der Waals surface area contributed by atoms with Crippen molar-refractivity contribution in [2.24, 2.45) is 0 Å². The minimum atomic E-state index is -2.83. The summed E-state index contributed by atoms with van der Waals surface area (Å²) in [7, 11) is -5.66. The van der Waals surface area contributed by atoms with Gasteiger partial charge in [0, 0.05) is 11.2 Å². The van der Waals surface area contributed by atoms with E-state index in [0.29, 0.717) is 0 Å². The van der Waals surface area contributed by atoms with Crippen LogP contribution in [-0.2, 0) is 18.9 Å². The van der Waals surface area contributed by atoms with Gasteiger partial charge < -0.3 is 8.85 Å². The normalized spacial score (nSPS) is 13.7. The molecule has 0 unspecified atom stereocenters. The summed E-state index contributed by atoms with van der Waals surface area (Å²) in [6, 6.07) is 44.6. The van der Waals surface area contributed by atoms with E-state index in [0.717, 1.165) is 0 Å². The molecule has 4 aromatic carbocycles. The van der Waals surface area contributed by atoms with Crippen LogP contribution in [0.15, 0.2) is 121 Å².